The van der Waals surface area contributed by atoms with Gasteiger partial charge in [-0.3, -0.25) is 9.78 Å². The Labute approximate surface area is 185 Å². The lowest BCUT2D eigenvalue weighted by Crippen LogP contribution is -2.18. The lowest BCUT2D eigenvalue weighted by molar-refractivity contribution is 1.01. The number of aromatic amines is 2. The number of nitrogens with zero attached hydrogens (tertiary/aromatic N) is 2. The Morgan fingerprint density at radius 3 is 2.75 bits per heavy atom. The number of halogens is 3. The highest BCUT2D eigenvalue weighted by Gasteiger charge is 2.05. The molecule has 10 heteroatoms. The molecule has 2 aromatic heterocycles. The molecule has 6 nitrogen and oxygen atoms in total. The predicted molar refractivity (Wildman–Crippen MR) is 122 cm³/mol. The monoisotopic (exact) mass is 461 g/mol. The minimum atomic E-state index is -0.137. The Balaban J connectivity index is 0.00000196. The van der Waals surface area contributed by atoms with Crippen molar-refractivity contribution in [3.05, 3.63) is 74.7 Å². The molecule has 0 amide bonds. The maximum atomic E-state index is 12.2. The molecule has 0 aliphatic rings. The standard InChI is InChI=1S/C18H20ClN5OS.2ClH/c1-12-16(23-11-22-12)10-26-6-5-20-18-21-9-14(17(25)24-18)7-13-3-2-4-15(19)8-13;;/h2-4,8-9,11H,5-7,10H2,1H3,(H,22,23)(H2,20,21,24,25);2*1H. The number of imidazole rings is 1. The molecule has 1 aromatic carbocycles. The van der Waals surface area contributed by atoms with Gasteiger partial charge in [0.25, 0.3) is 5.56 Å². The van der Waals surface area contributed by atoms with Crippen LogP contribution in [-0.4, -0.2) is 32.2 Å². The number of H-pyrrole nitrogens is 2. The molecule has 0 saturated heterocycles. The molecule has 0 radical (unpaired) electrons. The summed E-state index contributed by atoms with van der Waals surface area (Å²) in [6.07, 6.45) is 3.83. The van der Waals surface area contributed by atoms with E-state index in [1.54, 1.807) is 24.3 Å². The van der Waals surface area contributed by atoms with Crippen LogP contribution in [0.5, 0.6) is 0 Å². The van der Waals surface area contributed by atoms with Crippen LogP contribution in [0.1, 0.15) is 22.5 Å². The minimum Gasteiger partial charge on any atom is -0.355 e. The summed E-state index contributed by atoms with van der Waals surface area (Å²) in [5, 5.41) is 3.80. The van der Waals surface area contributed by atoms with E-state index in [1.807, 2.05) is 31.2 Å². The van der Waals surface area contributed by atoms with Gasteiger partial charge >= 0.3 is 0 Å². The van der Waals surface area contributed by atoms with Crippen LogP contribution >= 0.6 is 48.2 Å². The van der Waals surface area contributed by atoms with Gasteiger partial charge in [-0.1, -0.05) is 23.7 Å². The van der Waals surface area contributed by atoms with Crippen LogP contribution < -0.4 is 10.9 Å². The summed E-state index contributed by atoms with van der Waals surface area (Å²) in [6, 6.07) is 7.48. The highest BCUT2D eigenvalue weighted by molar-refractivity contribution is 7.98. The van der Waals surface area contributed by atoms with Crippen molar-refractivity contribution >= 4 is 54.1 Å². The zero-order chi connectivity index (χ0) is 18.4. The topological polar surface area (TPSA) is 86.5 Å². The smallest absolute Gasteiger partial charge is 0.255 e. The lowest BCUT2D eigenvalue weighted by atomic mass is 10.1. The number of thioether (sulfide) groups is 1. The molecular weight excluding hydrogens is 441 g/mol. The van der Waals surface area contributed by atoms with Crippen molar-refractivity contribution in [3.8, 4) is 0 Å². The number of hydrogen-bond acceptors (Lipinski definition) is 5. The largest absolute Gasteiger partial charge is 0.355 e. The van der Waals surface area contributed by atoms with E-state index < -0.39 is 0 Å². The Bertz CT molecular complexity index is 931. The Morgan fingerprint density at radius 1 is 1.25 bits per heavy atom. The molecule has 0 bridgehead atoms. The summed E-state index contributed by atoms with van der Waals surface area (Å²) >= 11 is 7.76. The van der Waals surface area contributed by atoms with E-state index in [0.717, 1.165) is 28.5 Å². The second-order valence-electron chi connectivity index (χ2n) is 5.85. The number of aryl methyl sites for hydroxylation is 1. The molecule has 0 unspecified atom stereocenters. The molecule has 0 atom stereocenters. The van der Waals surface area contributed by atoms with Crippen LogP contribution in [0.2, 0.25) is 5.02 Å². The fraction of sp³-hybridized carbons (Fsp3) is 0.278. The van der Waals surface area contributed by atoms with E-state index in [2.05, 4.69) is 25.3 Å². The number of hydrogen-bond donors (Lipinski definition) is 3. The third-order valence-corrected chi connectivity index (χ3v) is 5.07. The van der Waals surface area contributed by atoms with Crippen LogP contribution in [0.15, 0.2) is 41.6 Å². The fourth-order valence-corrected chi connectivity index (χ4v) is 3.53. The van der Waals surface area contributed by atoms with Gasteiger partial charge in [-0.25, -0.2) is 9.97 Å². The summed E-state index contributed by atoms with van der Waals surface area (Å²) in [4.78, 5) is 26.6. The van der Waals surface area contributed by atoms with Gasteiger partial charge in [-0.05, 0) is 24.6 Å². The first kappa shape index (κ1) is 24.4. The first-order chi connectivity index (χ1) is 12.6. The second kappa shape index (κ2) is 12.0. The van der Waals surface area contributed by atoms with Gasteiger partial charge < -0.3 is 10.3 Å². The van der Waals surface area contributed by atoms with E-state index >= 15 is 0 Å². The lowest BCUT2D eigenvalue weighted by Gasteiger charge is -2.06. The molecule has 152 valence electrons. The zero-order valence-electron chi connectivity index (χ0n) is 15.2. The van der Waals surface area contributed by atoms with Gasteiger partial charge in [-0.2, -0.15) is 11.8 Å². The summed E-state index contributed by atoms with van der Waals surface area (Å²) in [5.41, 5.74) is 3.64. The minimum absolute atomic E-state index is 0. The number of aromatic nitrogens is 4. The molecule has 28 heavy (non-hydrogen) atoms. The Hall–Kier alpha value is -1.67. The van der Waals surface area contributed by atoms with Crippen molar-refractivity contribution in [3.63, 3.8) is 0 Å². The van der Waals surface area contributed by atoms with Crippen molar-refractivity contribution in [1.29, 1.82) is 0 Å². The van der Waals surface area contributed by atoms with Gasteiger partial charge in [0.2, 0.25) is 5.95 Å². The average molecular weight is 463 g/mol. The average Bonchev–Trinajstić information content (AvgIpc) is 3.02. The number of benzene rings is 1. The number of anilines is 1. The maximum Gasteiger partial charge on any atom is 0.255 e. The van der Waals surface area contributed by atoms with Crippen molar-refractivity contribution in [1.82, 2.24) is 19.9 Å². The quantitative estimate of drug-likeness (QED) is 0.436. The van der Waals surface area contributed by atoms with Crippen LogP contribution in [-0.2, 0) is 12.2 Å². The number of nitrogens with one attached hydrogen (secondary N) is 3. The molecule has 3 rings (SSSR count). The SMILES string of the molecule is Cc1[nH]cnc1CSCCNc1ncc(Cc2cccc(Cl)c2)c(=O)[nH]1.Cl.Cl. The van der Waals surface area contributed by atoms with Gasteiger partial charge in [0.15, 0.2) is 0 Å². The Morgan fingerprint density at radius 2 is 2.07 bits per heavy atom. The normalized spacial score (nSPS) is 10.1. The molecule has 0 fully saturated rings. The van der Waals surface area contributed by atoms with E-state index in [0.29, 0.717) is 29.5 Å². The first-order valence-corrected chi connectivity index (χ1v) is 9.78. The van der Waals surface area contributed by atoms with Gasteiger partial charge in [0.1, 0.15) is 0 Å². The summed E-state index contributed by atoms with van der Waals surface area (Å²) in [7, 11) is 0. The van der Waals surface area contributed by atoms with Crippen LogP contribution in [0.25, 0.3) is 0 Å². The van der Waals surface area contributed by atoms with E-state index in [9.17, 15) is 4.79 Å². The molecule has 3 aromatic rings. The van der Waals surface area contributed by atoms with E-state index in [-0.39, 0.29) is 30.4 Å². The van der Waals surface area contributed by atoms with Gasteiger partial charge in [-0.15, -0.1) is 24.8 Å². The van der Waals surface area contributed by atoms with Crippen LogP contribution in [0, 0.1) is 6.92 Å². The fourth-order valence-electron chi connectivity index (χ4n) is 2.45. The first-order valence-electron chi connectivity index (χ1n) is 8.25. The molecule has 0 spiro atoms. The van der Waals surface area contributed by atoms with Crippen LogP contribution in [0.3, 0.4) is 0 Å². The molecule has 3 N–H and O–H groups in total. The third-order valence-electron chi connectivity index (χ3n) is 3.87. The highest BCUT2D eigenvalue weighted by Crippen LogP contribution is 2.14. The summed E-state index contributed by atoms with van der Waals surface area (Å²) in [6.45, 7) is 2.73. The van der Waals surface area contributed by atoms with Gasteiger partial charge in [0, 0.05) is 46.9 Å². The molecule has 2 heterocycles. The predicted octanol–water partition coefficient (Wildman–Crippen LogP) is 4.23. The van der Waals surface area contributed by atoms with E-state index in [1.165, 1.54) is 0 Å². The molecule has 0 aliphatic carbocycles. The van der Waals surface area contributed by atoms with Crippen molar-refractivity contribution in [2.45, 2.75) is 19.1 Å². The van der Waals surface area contributed by atoms with E-state index in [4.69, 9.17) is 11.6 Å². The molecule has 0 saturated carbocycles. The van der Waals surface area contributed by atoms with Crippen molar-refractivity contribution in [2.75, 3.05) is 17.6 Å². The number of rotatable bonds is 8. The molecule has 0 aliphatic heterocycles. The summed E-state index contributed by atoms with van der Waals surface area (Å²) in [5.74, 6) is 2.24. The van der Waals surface area contributed by atoms with Crippen molar-refractivity contribution in [2.24, 2.45) is 0 Å². The van der Waals surface area contributed by atoms with Gasteiger partial charge in [0.05, 0.1) is 12.0 Å². The second-order valence-corrected chi connectivity index (χ2v) is 7.39. The summed E-state index contributed by atoms with van der Waals surface area (Å²) < 4.78 is 0. The van der Waals surface area contributed by atoms with Crippen molar-refractivity contribution < 1.29 is 0 Å². The van der Waals surface area contributed by atoms with Crippen LogP contribution in [0.4, 0.5) is 5.95 Å². The third kappa shape index (κ3) is 7.05. The molecular formula is C18H22Cl3N5OS. The Kier molecular flexibility index (Phi) is 10.5. The maximum absolute atomic E-state index is 12.2. The highest BCUT2D eigenvalue weighted by atomic mass is 35.5. The zero-order valence-corrected chi connectivity index (χ0v) is 18.4.